The number of halogens is 4. The Hall–Kier alpha value is -0.780. The van der Waals surface area contributed by atoms with Gasteiger partial charge < -0.3 is 10.1 Å². The van der Waals surface area contributed by atoms with Crippen molar-refractivity contribution in [3.63, 3.8) is 0 Å². The van der Waals surface area contributed by atoms with Gasteiger partial charge in [-0.1, -0.05) is 23.7 Å². The Morgan fingerprint density at radius 1 is 1.25 bits per heavy atom. The van der Waals surface area contributed by atoms with Crippen molar-refractivity contribution in [1.82, 2.24) is 0 Å². The number of methoxy groups -OCH3 is 1. The highest BCUT2D eigenvalue weighted by atomic mass is 79.9. The van der Waals surface area contributed by atoms with E-state index in [1.807, 2.05) is 12.1 Å². The Labute approximate surface area is 138 Å². The molecule has 106 valence electrons. The second-order valence-corrected chi connectivity index (χ2v) is 6.15. The molecule has 0 amide bonds. The van der Waals surface area contributed by atoms with E-state index in [0.29, 0.717) is 17.9 Å². The number of rotatable bonds is 4. The molecule has 0 spiro atoms. The van der Waals surface area contributed by atoms with Gasteiger partial charge in [-0.05, 0) is 44.0 Å². The van der Waals surface area contributed by atoms with Crippen molar-refractivity contribution in [3.8, 4) is 5.75 Å². The van der Waals surface area contributed by atoms with E-state index in [4.69, 9.17) is 16.3 Å². The zero-order chi connectivity index (χ0) is 14.7. The van der Waals surface area contributed by atoms with Gasteiger partial charge in [0.1, 0.15) is 11.6 Å². The monoisotopic (exact) mass is 421 g/mol. The van der Waals surface area contributed by atoms with Crippen LogP contribution in [0.3, 0.4) is 0 Å². The molecule has 0 saturated heterocycles. The van der Waals surface area contributed by atoms with Gasteiger partial charge in [-0.2, -0.15) is 0 Å². The summed E-state index contributed by atoms with van der Waals surface area (Å²) in [7, 11) is 1.59. The molecule has 2 aromatic rings. The summed E-state index contributed by atoms with van der Waals surface area (Å²) in [5.74, 6) is 0.295. The highest BCUT2D eigenvalue weighted by Gasteiger charge is 2.09. The normalized spacial score (nSPS) is 10.4. The van der Waals surface area contributed by atoms with Crippen molar-refractivity contribution < 1.29 is 9.13 Å². The molecular formula is C14H11Br2ClFNO. The third-order valence-corrected chi connectivity index (χ3v) is 4.31. The second-order valence-electron chi connectivity index (χ2n) is 4.03. The SMILES string of the molecule is COc1cc(NCc2cccc(Cl)c2F)c(Br)cc1Br. The summed E-state index contributed by atoms with van der Waals surface area (Å²) in [6.45, 7) is 0.329. The van der Waals surface area contributed by atoms with Crippen LogP contribution in [-0.2, 0) is 6.54 Å². The quantitative estimate of drug-likeness (QED) is 0.689. The highest BCUT2D eigenvalue weighted by Crippen LogP contribution is 2.34. The predicted molar refractivity (Wildman–Crippen MR) is 87.1 cm³/mol. The smallest absolute Gasteiger partial charge is 0.146 e. The van der Waals surface area contributed by atoms with Crippen LogP contribution < -0.4 is 10.1 Å². The van der Waals surface area contributed by atoms with Gasteiger partial charge in [-0.15, -0.1) is 0 Å². The largest absolute Gasteiger partial charge is 0.495 e. The van der Waals surface area contributed by atoms with E-state index in [1.165, 1.54) is 6.07 Å². The minimum absolute atomic E-state index is 0.122. The van der Waals surface area contributed by atoms with Crippen LogP contribution in [0, 0.1) is 5.82 Å². The molecule has 0 aliphatic carbocycles. The van der Waals surface area contributed by atoms with Crippen molar-refractivity contribution in [3.05, 3.63) is 55.7 Å². The molecule has 0 atom stereocenters. The van der Waals surface area contributed by atoms with Gasteiger partial charge in [0.2, 0.25) is 0 Å². The molecule has 1 N–H and O–H groups in total. The first kappa shape index (κ1) is 15.6. The Morgan fingerprint density at radius 3 is 2.70 bits per heavy atom. The molecule has 0 aliphatic heterocycles. The van der Waals surface area contributed by atoms with Gasteiger partial charge in [0.25, 0.3) is 0 Å². The fourth-order valence-corrected chi connectivity index (χ4v) is 3.19. The van der Waals surface area contributed by atoms with Crippen LogP contribution in [0.25, 0.3) is 0 Å². The van der Waals surface area contributed by atoms with Crippen molar-refractivity contribution in [1.29, 1.82) is 0 Å². The van der Waals surface area contributed by atoms with E-state index >= 15 is 0 Å². The molecule has 2 rings (SSSR count). The molecule has 0 heterocycles. The van der Waals surface area contributed by atoms with Crippen molar-refractivity contribution in [2.24, 2.45) is 0 Å². The Balaban J connectivity index is 2.21. The van der Waals surface area contributed by atoms with Gasteiger partial charge in [-0.3, -0.25) is 0 Å². The summed E-state index contributed by atoms with van der Waals surface area (Å²) in [6, 6.07) is 8.64. The van der Waals surface area contributed by atoms with Crippen LogP contribution in [0.4, 0.5) is 10.1 Å². The molecule has 20 heavy (non-hydrogen) atoms. The van der Waals surface area contributed by atoms with Crippen LogP contribution in [0.5, 0.6) is 5.75 Å². The standard InChI is InChI=1S/C14H11Br2ClFNO/c1-20-13-6-12(9(15)5-10(13)16)19-7-8-3-2-4-11(17)14(8)18/h2-6,19H,7H2,1H3. The lowest BCUT2D eigenvalue weighted by Gasteiger charge is -2.12. The molecule has 0 aliphatic rings. The molecule has 0 aromatic heterocycles. The highest BCUT2D eigenvalue weighted by molar-refractivity contribution is 9.11. The first-order valence-electron chi connectivity index (χ1n) is 5.72. The molecule has 0 radical (unpaired) electrons. The number of benzene rings is 2. The van der Waals surface area contributed by atoms with E-state index in [9.17, 15) is 4.39 Å². The maximum Gasteiger partial charge on any atom is 0.146 e. The Morgan fingerprint density at radius 2 is 2.00 bits per heavy atom. The average molecular weight is 424 g/mol. The van der Waals surface area contributed by atoms with E-state index < -0.39 is 5.82 Å². The zero-order valence-electron chi connectivity index (χ0n) is 10.5. The summed E-state index contributed by atoms with van der Waals surface area (Å²) in [6.07, 6.45) is 0. The van der Waals surface area contributed by atoms with Crippen LogP contribution in [0.15, 0.2) is 39.3 Å². The number of hydrogen-bond acceptors (Lipinski definition) is 2. The van der Waals surface area contributed by atoms with Gasteiger partial charge in [-0.25, -0.2) is 4.39 Å². The third-order valence-electron chi connectivity index (χ3n) is 2.74. The first-order chi connectivity index (χ1) is 9.52. The van der Waals surface area contributed by atoms with Gasteiger partial charge in [0, 0.05) is 22.6 Å². The number of nitrogens with one attached hydrogen (secondary N) is 1. The molecule has 0 bridgehead atoms. The lowest BCUT2D eigenvalue weighted by Crippen LogP contribution is -2.03. The topological polar surface area (TPSA) is 21.3 Å². The maximum atomic E-state index is 13.8. The van der Waals surface area contributed by atoms with Crippen LogP contribution in [0.1, 0.15) is 5.56 Å². The number of anilines is 1. The first-order valence-corrected chi connectivity index (χ1v) is 7.69. The Kier molecular flexibility index (Phi) is 5.29. The summed E-state index contributed by atoms with van der Waals surface area (Å²) in [4.78, 5) is 0. The van der Waals surface area contributed by atoms with Crippen LogP contribution >= 0.6 is 43.5 Å². The Bertz CT molecular complexity index is 637. The summed E-state index contributed by atoms with van der Waals surface area (Å²) in [5, 5.41) is 3.27. The zero-order valence-corrected chi connectivity index (χ0v) is 14.4. The maximum absolute atomic E-state index is 13.8. The summed E-state index contributed by atoms with van der Waals surface area (Å²) in [5.41, 5.74) is 1.32. The van der Waals surface area contributed by atoms with Gasteiger partial charge in [0.05, 0.1) is 22.3 Å². The minimum atomic E-state index is -0.401. The molecular weight excluding hydrogens is 412 g/mol. The molecule has 0 fully saturated rings. The van der Waals surface area contributed by atoms with Crippen molar-refractivity contribution in [2.45, 2.75) is 6.54 Å². The lowest BCUT2D eigenvalue weighted by molar-refractivity contribution is 0.412. The van der Waals surface area contributed by atoms with E-state index in [-0.39, 0.29) is 5.02 Å². The van der Waals surface area contributed by atoms with E-state index in [2.05, 4.69) is 37.2 Å². The fourth-order valence-electron chi connectivity index (χ4n) is 1.70. The number of ether oxygens (including phenoxy) is 1. The summed E-state index contributed by atoms with van der Waals surface area (Å²) < 4.78 is 20.7. The van der Waals surface area contributed by atoms with Gasteiger partial charge in [0.15, 0.2) is 0 Å². The van der Waals surface area contributed by atoms with Gasteiger partial charge >= 0.3 is 0 Å². The lowest BCUT2D eigenvalue weighted by atomic mass is 10.2. The average Bonchev–Trinajstić information content (AvgIpc) is 2.42. The van der Waals surface area contributed by atoms with Crippen LogP contribution in [-0.4, -0.2) is 7.11 Å². The van der Waals surface area contributed by atoms with Crippen LogP contribution in [0.2, 0.25) is 5.02 Å². The summed E-state index contributed by atoms with van der Waals surface area (Å²) >= 11 is 12.6. The number of hydrogen-bond donors (Lipinski definition) is 1. The fraction of sp³-hybridized carbons (Fsp3) is 0.143. The molecule has 6 heteroatoms. The minimum Gasteiger partial charge on any atom is -0.495 e. The van der Waals surface area contributed by atoms with Crippen molar-refractivity contribution in [2.75, 3.05) is 12.4 Å². The molecule has 2 aromatic carbocycles. The molecule has 2 nitrogen and oxygen atoms in total. The third kappa shape index (κ3) is 3.45. The molecule has 0 unspecified atom stereocenters. The predicted octanol–water partition coefficient (Wildman–Crippen LogP) is 5.62. The molecule has 0 saturated carbocycles. The van der Waals surface area contributed by atoms with Crippen molar-refractivity contribution >= 4 is 49.1 Å². The second kappa shape index (κ2) is 6.78. The van der Waals surface area contributed by atoms with E-state index in [0.717, 1.165) is 14.6 Å². The van der Waals surface area contributed by atoms with E-state index in [1.54, 1.807) is 19.2 Å².